The number of fused-ring (bicyclic) bond motifs is 9. The predicted molar refractivity (Wildman–Crippen MR) is 237 cm³/mol. The maximum absolute atomic E-state index is 6.39. The lowest BCUT2D eigenvalue weighted by molar-refractivity contribution is 0.633. The van der Waals surface area contributed by atoms with E-state index in [-0.39, 0.29) is 0 Å². The SMILES string of the molecule is C=C.C=CC.c1ccc(-c2nc3ccccc3n2-c2ccc(-c3ccc4cc(-c5ccc6oc7c(ccc8c9ccccc9oc87)c6c5)ccc4c3)cc2)cc1. The van der Waals surface area contributed by atoms with Crippen molar-refractivity contribution in [2.75, 3.05) is 0 Å². The summed E-state index contributed by atoms with van der Waals surface area (Å²) < 4.78 is 14.9. The van der Waals surface area contributed by atoms with Gasteiger partial charge in [-0.15, -0.1) is 19.7 Å². The molecule has 0 aliphatic rings. The summed E-state index contributed by atoms with van der Waals surface area (Å²) in [6.45, 7) is 11.2. The third kappa shape index (κ3) is 5.85. The van der Waals surface area contributed by atoms with Crippen molar-refractivity contribution in [3.63, 3.8) is 0 Å². The molecule has 4 heteroatoms. The summed E-state index contributed by atoms with van der Waals surface area (Å²) in [5.74, 6) is 0.940. The standard InChI is InChI=1S/C47H28N2O2.C3H6.C2H4/c1-2-8-30(9-3-1)47-48-41-11-5-6-12-42(41)49(47)36-21-18-29(19-22-36)31-14-15-33-27-34(17-16-32(33)26-31)35-20-25-44-40(28-35)39-24-23-38-37-10-4-7-13-43(37)50-45(38)46(39)51-44;1-3-2;1-2/h1-28H;3H,1H2,2H3;1-2H2. The largest absolute Gasteiger partial charge is 0.452 e. The highest BCUT2D eigenvalue weighted by atomic mass is 16.4. The van der Waals surface area contributed by atoms with Gasteiger partial charge in [-0.25, -0.2) is 4.98 Å². The van der Waals surface area contributed by atoms with Gasteiger partial charge in [0.25, 0.3) is 0 Å². The van der Waals surface area contributed by atoms with Crippen molar-refractivity contribution in [1.82, 2.24) is 9.55 Å². The van der Waals surface area contributed by atoms with Gasteiger partial charge in [0, 0.05) is 32.8 Å². The first-order valence-corrected chi connectivity index (χ1v) is 18.7. The highest BCUT2D eigenvalue weighted by Gasteiger charge is 2.17. The van der Waals surface area contributed by atoms with E-state index in [1.807, 2.05) is 37.3 Å². The molecule has 0 saturated heterocycles. The summed E-state index contributed by atoms with van der Waals surface area (Å²) in [4.78, 5) is 5.00. The minimum Gasteiger partial charge on any atom is -0.452 e. The Morgan fingerprint density at radius 3 is 1.73 bits per heavy atom. The number of aromatic nitrogens is 2. The predicted octanol–water partition coefficient (Wildman–Crippen LogP) is 15.0. The van der Waals surface area contributed by atoms with Crippen molar-refractivity contribution in [2.24, 2.45) is 0 Å². The summed E-state index contributed by atoms with van der Waals surface area (Å²) in [5.41, 5.74) is 12.3. The van der Waals surface area contributed by atoms with Crippen molar-refractivity contribution in [1.29, 1.82) is 0 Å². The van der Waals surface area contributed by atoms with E-state index in [1.165, 1.54) is 27.5 Å². The number of hydrogen-bond acceptors (Lipinski definition) is 3. The second-order valence-corrected chi connectivity index (χ2v) is 13.6. The van der Waals surface area contributed by atoms with Gasteiger partial charge in [0.1, 0.15) is 17.0 Å². The number of rotatable bonds is 4. The molecule has 0 amide bonds. The van der Waals surface area contributed by atoms with E-state index in [4.69, 9.17) is 13.8 Å². The van der Waals surface area contributed by atoms with Crippen LogP contribution in [0.4, 0.5) is 0 Å². The first-order chi connectivity index (χ1) is 27.7. The molecule has 3 aromatic heterocycles. The van der Waals surface area contributed by atoms with Gasteiger partial charge in [0.05, 0.1) is 11.0 Å². The zero-order valence-corrected chi connectivity index (χ0v) is 31.1. The molecule has 0 N–H and O–H groups in total. The Morgan fingerprint density at radius 1 is 0.482 bits per heavy atom. The van der Waals surface area contributed by atoms with Gasteiger partial charge in [-0.05, 0) is 107 Å². The second kappa shape index (κ2) is 14.4. The molecule has 4 nitrogen and oxygen atoms in total. The third-order valence-corrected chi connectivity index (χ3v) is 10.2. The number of nitrogens with zero attached hydrogens (tertiary/aromatic N) is 2. The fourth-order valence-electron chi connectivity index (χ4n) is 7.67. The van der Waals surface area contributed by atoms with E-state index in [0.29, 0.717) is 0 Å². The van der Waals surface area contributed by atoms with Crippen LogP contribution in [-0.2, 0) is 0 Å². The number of hydrogen-bond donors (Lipinski definition) is 0. The molecule has 11 rings (SSSR count). The molecule has 0 radical (unpaired) electrons. The van der Waals surface area contributed by atoms with E-state index in [2.05, 4.69) is 164 Å². The lowest BCUT2D eigenvalue weighted by atomic mass is 9.97. The second-order valence-electron chi connectivity index (χ2n) is 13.6. The smallest absolute Gasteiger partial charge is 0.178 e. The quantitative estimate of drug-likeness (QED) is 0.170. The summed E-state index contributed by atoms with van der Waals surface area (Å²) >= 11 is 0. The molecule has 11 aromatic rings. The Kier molecular flexibility index (Phi) is 8.85. The Bertz CT molecular complexity index is 3200. The van der Waals surface area contributed by atoms with Crippen molar-refractivity contribution in [3.05, 3.63) is 196 Å². The Balaban J connectivity index is 0.000000784. The topological polar surface area (TPSA) is 44.1 Å². The third-order valence-electron chi connectivity index (χ3n) is 10.2. The van der Waals surface area contributed by atoms with Crippen molar-refractivity contribution >= 4 is 65.7 Å². The molecular formula is C52H38N2O2. The Labute approximate surface area is 324 Å². The highest BCUT2D eigenvalue weighted by molar-refractivity contribution is 6.19. The molecule has 0 fully saturated rings. The maximum Gasteiger partial charge on any atom is 0.178 e. The lowest BCUT2D eigenvalue weighted by Gasteiger charge is -2.11. The van der Waals surface area contributed by atoms with E-state index >= 15 is 0 Å². The summed E-state index contributed by atoms with van der Waals surface area (Å²) in [5, 5.41) is 6.73. The fourth-order valence-corrected chi connectivity index (χ4v) is 7.67. The van der Waals surface area contributed by atoms with Crippen molar-refractivity contribution in [2.45, 2.75) is 6.92 Å². The van der Waals surface area contributed by atoms with E-state index in [1.54, 1.807) is 6.08 Å². The average Bonchev–Trinajstić information content (AvgIpc) is 3.96. The Morgan fingerprint density at radius 2 is 1.02 bits per heavy atom. The van der Waals surface area contributed by atoms with Gasteiger partial charge < -0.3 is 8.83 Å². The molecular weight excluding hydrogens is 685 g/mol. The highest BCUT2D eigenvalue weighted by Crippen LogP contribution is 2.40. The van der Waals surface area contributed by atoms with E-state index in [0.717, 1.165) is 77.5 Å². The molecule has 268 valence electrons. The van der Waals surface area contributed by atoms with Crippen LogP contribution in [0.2, 0.25) is 0 Å². The molecule has 0 bridgehead atoms. The van der Waals surface area contributed by atoms with E-state index < -0.39 is 0 Å². The first-order valence-electron chi connectivity index (χ1n) is 18.7. The molecule has 8 aromatic carbocycles. The van der Waals surface area contributed by atoms with Crippen LogP contribution in [0.3, 0.4) is 0 Å². The van der Waals surface area contributed by atoms with E-state index in [9.17, 15) is 0 Å². The number of furan rings is 2. The molecule has 56 heavy (non-hydrogen) atoms. The molecule has 3 heterocycles. The number of benzene rings is 8. The fraction of sp³-hybridized carbons (Fsp3) is 0.0192. The van der Waals surface area contributed by atoms with Crippen LogP contribution in [0.1, 0.15) is 6.92 Å². The summed E-state index contributed by atoms with van der Waals surface area (Å²) in [6.07, 6.45) is 1.75. The maximum atomic E-state index is 6.39. The van der Waals surface area contributed by atoms with Crippen LogP contribution in [0, 0.1) is 0 Å². The number of allylic oxidation sites excluding steroid dienone is 1. The molecule has 0 atom stereocenters. The van der Waals surface area contributed by atoms with Crippen LogP contribution in [0.25, 0.3) is 105 Å². The van der Waals surface area contributed by atoms with Gasteiger partial charge in [-0.3, -0.25) is 4.57 Å². The average molecular weight is 723 g/mol. The van der Waals surface area contributed by atoms with Crippen LogP contribution in [-0.4, -0.2) is 9.55 Å². The molecule has 0 unspecified atom stereocenters. The van der Waals surface area contributed by atoms with Crippen LogP contribution in [0.5, 0.6) is 0 Å². The summed E-state index contributed by atoms with van der Waals surface area (Å²) in [6, 6.07) is 59.8. The first kappa shape index (κ1) is 34.3. The minimum atomic E-state index is 0.796. The molecule has 0 saturated carbocycles. The molecule has 0 aliphatic heterocycles. The zero-order chi connectivity index (χ0) is 38.2. The lowest BCUT2D eigenvalue weighted by Crippen LogP contribution is -1.97. The monoisotopic (exact) mass is 722 g/mol. The molecule has 0 spiro atoms. The minimum absolute atomic E-state index is 0.796. The number of para-hydroxylation sites is 3. The van der Waals surface area contributed by atoms with Crippen LogP contribution < -0.4 is 0 Å². The van der Waals surface area contributed by atoms with Crippen LogP contribution >= 0.6 is 0 Å². The normalized spacial score (nSPS) is 11.2. The molecule has 0 aliphatic carbocycles. The Hall–Kier alpha value is -7.43. The zero-order valence-electron chi connectivity index (χ0n) is 31.1. The van der Waals surface area contributed by atoms with Gasteiger partial charge >= 0.3 is 0 Å². The van der Waals surface area contributed by atoms with Crippen molar-refractivity contribution < 1.29 is 8.83 Å². The van der Waals surface area contributed by atoms with Gasteiger partial charge in [0.2, 0.25) is 0 Å². The van der Waals surface area contributed by atoms with Crippen molar-refractivity contribution in [3.8, 4) is 39.3 Å². The summed E-state index contributed by atoms with van der Waals surface area (Å²) in [7, 11) is 0. The van der Waals surface area contributed by atoms with Gasteiger partial charge in [-0.2, -0.15) is 0 Å². The van der Waals surface area contributed by atoms with Gasteiger partial charge in [0.15, 0.2) is 11.2 Å². The van der Waals surface area contributed by atoms with Gasteiger partial charge in [-0.1, -0.05) is 109 Å². The van der Waals surface area contributed by atoms with Crippen LogP contribution in [0.15, 0.2) is 205 Å². The number of imidazole rings is 1.